The van der Waals surface area contributed by atoms with Crippen molar-refractivity contribution < 1.29 is 4.74 Å². The Morgan fingerprint density at radius 2 is 2.05 bits per heavy atom. The summed E-state index contributed by atoms with van der Waals surface area (Å²) in [6.07, 6.45) is 0. The highest BCUT2D eigenvalue weighted by Gasteiger charge is 2.22. The van der Waals surface area contributed by atoms with Gasteiger partial charge >= 0.3 is 0 Å². The van der Waals surface area contributed by atoms with Crippen LogP contribution in [-0.2, 0) is 6.54 Å². The zero-order valence-electron chi connectivity index (χ0n) is 11.6. The molecule has 0 saturated carbocycles. The lowest BCUT2D eigenvalue weighted by Crippen LogP contribution is -2.35. The van der Waals surface area contributed by atoms with Crippen LogP contribution in [0.1, 0.15) is 23.6 Å². The Bertz CT molecular complexity index is 775. The number of benzene rings is 1. The molecule has 0 aromatic heterocycles. The minimum absolute atomic E-state index is 0.0740. The Kier molecular flexibility index (Phi) is 4.29. The summed E-state index contributed by atoms with van der Waals surface area (Å²) in [5, 5.41) is 12.2. The van der Waals surface area contributed by atoms with Crippen LogP contribution in [0.25, 0.3) is 0 Å². The quantitative estimate of drug-likeness (QED) is 0.856. The monoisotopic (exact) mass is 304 g/mol. The molecule has 0 heterocycles. The summed E-state index contributed by atoms with van der Waals surface area (Å²) in [5.74, 6) is 0.0740. The molecule has 2 aromatic carbocycles. The zero-order chi connectivity index (χ0) is 15.6. The first-order valence-corrected chi connectivity index (χ1v) is 6.76. The van der Waals surface area contributed by atoms with Gasteiger partial charge in [0.15, 0.2) is 5.75 Å². The lowest BCUT2D eigenvalue weighted by molar-refractivity contribution is 0.334. The minimum atomic E-state index is -0.609. The molecule has 1 N–H and O–H groups in total. The van der Waals surface area contributed by atoms with Gasteiger partial charge in [0.25, 0.3) is 10.9 Å². The molecule has 0 spiro atoms. The Hall–Kier alpha value is -2.32. The van der Waals surface area contributed by atoms with Crippen molar-refractivity contribution in [1.29, 1.82) is 5.26 Å². The topological polar surface area (TPSA) is 79.2 Å². The molecule has 0 aliphatic rings. The van der Waals surface area contributed by atoms with Crippen molar-refractivity contribution in [3.63, 3.8) is 0 Å². The molecule has 21 heavy (non-hydrogen) atoms. The van der Waals surface area contributed by atoms with Crippen LogP contribution in [0.2, 0.25) is 5.02 Å². The number of ether oxygens (including phenoxy) is 1. The van der Waals surface area contributed by atoms with Gasteiger partial charge < -0.3 is 10.1 Å². The molecule has 0 bridgehead atoms. The Balaban J connectivity index is 2.22. The van der Waals surface area contributed by atoms with E-state index in [0.29, 0.717) is 17.2 Å². The molecule has 6 heteroatoms. The Morgan fingerprint density at radius 1 is 1.33 bits per heavy atom. The number of nitriles is 1. The maximum Gasteiger partial charge on any atom is 0.272 e. The normalized spacial score (nSPS) is 10.4. The molecular formula is C15H13ClN2O3. The summed E-state index contributed by atoms with van der Waals surface area (Å²) in [4.78, 5) is 22.9. The van der Waals surface area contributed by atoms with E-state index < -0.39 is 10.9 Å². The highest BCUT2D eigenvalue weighted by atomic mass is 35.5. The number of anilines is 1. The third-order valence-corrected chi connectivity index (χ3v) is 3.48. The van der Waals surface area contributed by atoms with Crippen LogP contribution in [0.15, 0.2) is 21.7 Å². The molecule has 0 aliphatic carbocycles. The fourth-order valence-electron chi connectivity index (χ4n) is 2.05. The third kappa shape index (κ3) is 2.76. The molecule has 5 nitrogen and oxygen atoms in total. The van der Waals surface area contributed by atoms with E-state index in [1.54, 1.807) is 19.1 Å². The van der Waals surface area contributed by atoms with Crippen LogP contribution in [0.5, 0.6) is 5.75 Å². The summed E-state index contributed by atoms with van der Waals surface area (Å²) in [7, 11) is 0. The predicted octanol–water partition coefficient (Wildman–Crippen LogP) is 2.13. The van der Waals surface area contributed by atoms with Crippen molar-refractivity contribution in [3.05, 3.63) is 54.3 Å². The number of aryl methyl sites for hydroxylation is 1. The van der Waals surface area contributed by atoms with Gasteiger partial charge in [-0.05, 0) is 37.1 Å². The number of hydrogen-bond donors (Lipinski definition) is 1. The van der Waals surface area contributed by atoms with Crippen molar-refractivity contribution in [2.45, 2.75) is 20.4 Å². The second-order valence-corrected chi connectivity index (χ2v) is 4.92. The van der Waals surface area contributed by atoms with Crippen LogP contribution in [0.3, 0.4) is 0 Å². The van der Waals surface area contributed by atoms with Crippen molar-refractivity contribution in [1.82, 2.24) is 0 Å². The summed E-state index contributed by atoms with van der Waals surface area (Å²) >= 11 is 6.13. The summed E-state index contributed by atoms with van der Waals surface area (Å²) in [6.45, 7) is 4.16. The van der Waals surface area contributed by atoms with Gasteiger partial charge in [-0.2, -0.15) is 5.26 Å². The van der Waals surface area contributed by atoms with Crippen molar-refractivity contribution >= 4 is 17.3 Å². The summed E-state index contributed by atoms with van der Waals surface area (Å²) in [5.41, 5.74) is 1.07. The van der Waals surface area contributed by atoms with Crippen LogP contribution < -0.4 is 20.9 Å². The highest BCUT2D eigenvalue weighted by molar-refractivity contribution is 6.31. The van der Waals surface area contributed by atoms with Crippen LogP contribution in [0.4, 0.5) is 5.69 Å². The molecule has 2 rings (SSSR count). The largest absolute Gasteiger partial charge is 0.488 e. The summed E-state index contributed by atoms with van der Waals surface area (Å²) in [6, 6.07) is 5.31. The van der Waals surface area contributed by atoms with Crippen LogP contribution in [0, 0.1) is 18.3 Å². The molecule has 0 aliphatic heterocycles. The lowest BCUT2D eigenvalue weighted by Gasteiger charge is -2.15. The molecular weight excluding hydrogens is 292 g/mol. The number of rotatable bonds is 5. The van der Waals surface area contributed by atoms with E-state index in [2.05, 4.69) is 5.32 Å². The first kappa shape index (κ1) is 15.1. The van der Waals surface area contributed by atoms with Crippen molar-refractivity contribution in [2.75, 3.05) is 11.9 Å². The standard InChI is InChI=1S/C15H13ClN2O3/c1-3-21-15-12(13(19)14(15)20)18-7-10-8(2)4-9(6-17)5-11(10)16/h4-5,18H,3,7H2,1-2H3. The molecule has 0 fully saturated rings. The van der Waals surface area contributed by atoms with Gasteiger partial charge in [0.05, 0.1) is 18.2 Å². The Labute approximate surface area is 126 Å². The fraction of sp³-hybridized carbons (Fsp3) is 0.267. The SMILES string of the molecule is CCOc1c(NCc2c(C)cc(C#N)cc2Cl)c(=O)c1=O. The first-order valence-electron chi connectivity index (χ1n) is 6.38. The predicted molar refractivity (Wildman–Crippen MR) is 80.8 cm³/mol. The molecule has 0 amide bonds. The lowest BCUT2D eigenvalue weighted by atomic mass is 10.0. The zero-order valence-corrected chi connectivity index (χ0v) is 12.4. The van der Waals surface area contributed by atoms with E-state index in [9.17, 15) is 9.59 Å². The minimum Gasteiger partial charge on any atom is -0.488 e. The van der Waals surface area contributed by atoms with Crippen molar-refractivity contribution in [3.8, 4) is 11.8 Å². The molecule has 108 valence electrons. The van der Waals surface area contributed by atoms with E-state index in [1.165, 1.54) is 0 Å². The van der Waals surface area contributed by atoms with Gasteiger partial charge in [0.2, 0.25) is 0 Å². The highest BCUT2D eigenvalue weighted by Crippen LogP contribution is 2.24. The van der Waals surface area contributed by atoms with E-state index in [0.717, 1.165) is 11.1 Å². The molecule has 0 unspecified atom stereocenters. The van der Waals surface area contributed by atoms with Crippen LogP contribution in [-0.4, -0.2) is 6.61 Å². The van der Waals surface area contributed by atoms with E-state index in [4.69, 9.17) is 21.6 Å². The second kappa shape index (κ2) is 5.98. The number of nitrogens with one attached hydrogen (secondary N) is 1. The maximum absolute atomic E-state index is 11.5. The summed E-state index contributed by atoms with van der Waals surface area (Å²) < 4.78 is 5.13. The van der Waals surface area contributed by atoms with Crippen molar-refractivity contribution in [2.24, 2.45) is 0 Å². The van der Waals surface area contributed by atoms with Gasteiger partial charge in [-0.3, -0.25) is 9.59 Å². The fourth-order valence-corrected chi connectivity index (χ4v) is 2.39. The number of halogens is 1. The smallest absolute Gasteiger partial charge is 0.272 e. The average Bonchev–Trinajstić information content (AvgIpc) is 2.47. The Morgan fingerprint density at radius 3 is 2.62 bits per heavy atom. The van der Waals surface area contributed by atoms with Gasteiger partial charge in [-0.1, -0.05) is 11.6 Å². The molecule has 0 saturated heterocycles. The number of hydrogen-bond acceptors (Lipinski definition) is 5. The average molecular weight is 305 g/mol. The van der Waals surface area contributed by atoms with Gasteiger partial charge in [0.1, 0.15) is 5.69 Å². The maximum atomic E-state index is 11.5. The first-order chi connectivity index (χ1) is 9.99. The molecule has 0 atom stereocenters. The van der Waals surface area contributed by atoms with Crippen LogP contribution >= 0.6 is 11.6 Å². The van der Waals surface area contributed by atoms with Gasteiger partial charge in [-0.25, -0.2) is 0 Å². The molecule has 2 aromatic rings. The number of nitrogens with zero attached hydrogens (tertiary/aromatic N) is 1. The third-order valence-electron chi connectivity index (χ3n) is 3.14. The van der Waals surface area contributed by atoms with Gasteiger partial charge in [0, 0.05) is 11.6 Å². The van der Waals surface area contributed by atoms with E-state index in [-0.39, 0.29) is 18.0 Å². The second-order valence-electron chi connectivity index (χ2n) is 4.51. The van der Waals surface area contributed by atoms with E-state index in [1.807, 2.05) is 13.0 Å². The molecule has 0 radical (unpaired) electrons. The van der Waals surface area contributed by atoms with E-state index >= 15 is 0 Å². The van der Waals surface area contributed by atoms with Gasteiger partial charge in [-0.15, -0.1) is 0 Å².